The normalized spacial score (nSPS) is 10.6. The van der Waals surface area contributed by atoms with Gasteiger partial charge in [-0.2, -0.15) is 0 Å². The Morgan fingerprint density at radius 3 is 1.56 bits per heavy atom. The molecule has 1 radical (unpaired) electrons. The quantitative estimate of drug-likeness (QED) is 0.0747. The van der Waals surface area contributed by atoms with E-state index in [4.69, 9.17) is 24.3 Å². The number of ether oxygens (including phenoxy) is 2. The van der Waals surface area contributed by atoms with Gasteiger partial charge >= 0.3 is 31.6 Å². The van der Waals surface area contributed by atoms with Gasteiger partial charge < -0.3 is 38.5 Å². The Morgan fingerprint density at radius 2 is 1.04 bits per heavy atom. The summed E-state index contributed by atoms with van der Waals surface area (Å²) in [6, 6.07) is 40.7. The van der Waals surface area contributed by atoms with Gasteiger partial charge in [0.15, 0.2) is 0 Å². The number of carbonyl (C=O) groups excluding carboxylic acids is 2. The van der Waals surface area contributed by atoms with Crippen LogP contribution in [-0.2, 0) is 22.6 Å². The molecule has 8 rings (SSSR count). The zero-order valence-corrected chi connectivity index (χ0v) is 40.2. The van der Waals surface area contributed by atoms with Gasteiger partial charge in [0.1, 0.15) is 5.75 Å². The highest BCUT2D eigenvalue weighted by atomic mass is 79.9. The molecule has 0 bridgehead atoms. The Hall–Kier alpha value is -7.42. The molecule has 12 nitrogen and oxygen atoms in total. The van der Waals surface area contributed by atoms with Crippen LogP contribution in [0, 0.1) is 27.7 Å². The van der Waals surface area contributed by atoms with E-state index >= 15 is 0 Å². The largest absolute Gasteiger partial charge is 0.569 e. The maximum Gasteiger partial charge on any atom is 0.569 e. The number of hydrogen-bond acceptors (Lipinski definition) is 8. The van der Waals surface area contributed by atoms with Crippen molar-refractivity contribution in [3.8, 4) is 16.9 Å². The Bertz CT molecular complexity index is 3140. The number of esters is 2. The zero-order chi connectivity index (χ0) is 49.1. The number of carbonyl (C=O) groups is 4. The van der Waals surface area contributed by atoms with Gasteiger partial charge in [-0.1, -0.05) is 76.6 Å². The molecule has 0 unspecified atom stereocenters. The van der Waals surface area contributed by atoms with Gasteiger partial charge in [-0.3, -0.25) is 0 Å². The van der Waals surface area contributed by atoms with Crippen molar-refractivity contribution >= 4 is 69.3 Å². The van der Waals surface area contributed by atoms with Crippen molar-refractivity contribution in [3.05, 3.63) is 194 Å². The molecule has 0 saturated heterocycles. The summed E-state index contributed by atoms with van der Waals surface area (Å²) >= 11 is 3.59. The summed E-state index contributed by atoms with van der Waals surface area (Å²) in [5, 5.41) is 28.9. The first-order valence-electron chi connectivity index (χ1n) is 21.8. The molecule has 3 N–H and O–H groups in total. The molecule has 0 atom stereocenters. The number of carboxylic acid groups (broad SMARTS) is 2. The SMILES string of the molecule is CCOC(=O)c1cccc(-c2ccccc2Cn2c(C)c(C)c3cc(C(=O)O)ccc32)c1.CCOC(=O)c1cccc(O[B]O)c1.Cc1c(C)n(Cc2ccccc2Br)c2ccc(C(=O)O)cc12. The van der Waals surface area contributed by atoms with Crippen LogP contribution >= 0.6 is 15.9 Å². The number of aromatic nitrogens is 2. The van der Waals surface area contributed by atoms with Gasteiger partial charge in [0.05, 0.1) is 35.5 Å². The molecule has 6 aromatic carbocycles. The Kier molecular flexibility index (Phi) is 16.8. The lowest BCUT2D eigenvalue weighted by Gasteiger charge is -2.14. The second-order valence-corrected chi connectivity index (χ2v) is 16.5. The van der Waals surface area contributed by atoms with E-state index in [0.717, 1.165) is 72.0 Å². The fraction of sp³-hybridized carbons (Fsp3) is 0.185. The molecular weight excluding hydrogens is 927 g/mol. The molecule has 2 aromatic heterocycles. The molecule has 0 aliphatic heterocycles. The van der Waals surface area contributed by atoms with Crippen LogP contribution in [0.4, 0.5) is 0 Å². The summed E-state index contributed by atoms with van der Waals surface area (Å²) in [5.74, 6) is -2.17. The summed E-state index contributed by atoms with van der Waals surface area (Å²) in [6.45, 7) is 13.8. The fourth-order valence-corrected chi connectivity index (χ4v) is 8.29. The molecular formula is C54H51BBrN2O10. The molecule has 0 amide bonds. The van der Waals surface area contributed by atoms with Crippen LogP contribution in [0.5, 0.6) is 5.75 Å². The average molecular weight is 979 g/mol. The van der Waals surface area contributed by atoms with E-state index in [0.29, 0.717) is 49.9 Å². The lowest BCUT2D eigenvalue weighted by Crippen LogP contribution is -2.05. The zero-order valence-electron chi connectivity index (χ0n) is 38.6. The summed E-state index contributed by atoms with van der Waals surface area (Å²) in [6.07, 6.45) is 0. The number of halogens is 1. The van der Waals surface area contributed by atoms with Crippen molar-refractivity contribution < 1.29 is 48.5 Å². The highest BCUT2D eigenvalue weighted by Gasteiger charge is 2.18. The minimum Gasteiger partial charge on any atom is -0.537 e. The third-order valence-electron chi connectivity index (χ3n) is 11.6. The molecule has 0 fully saturated rings. The molecule has 0 aliphatic rings. The third-order valence-corrected chi connectivity index (χ3v) is 12.4. The van der Waals surface area contributed by atoms with Crippen molar-refractivity contribution in [1.29, 1.82) is 0 Å². The topological polar surface area (TPSA) is 167 Å². The molecule has 347 valence electrons. The van der Waals surface area contributed by atoms with E-state index in [1.807, 2.05) is 74.5 Å². The Labute approximate surface area is 403 Å². The first-order chi connectivity index (χ1) is 32.7. The molecule has 14 heteroatoms. The monoisotopic (exact) mass is 977 g/mol. The van der Waals surface area contributed by atoms with Crippen LogP contribution < -0.4 is 4.65 Å². The third kappa shape index (κ3) is 11.6. The van der Waals surface area contributed by atoms with E-state index in [9.17, 15) is 24.3 Å². The van der Waals surface area contributed by atoms with E-state index in [1.54, 1.807) is 62.4 Å². The van der Waals surface area contributed by atoms with E-state index < -0.39 is 17.9 Å². The van der Waals surface area contributed by atoms with Gasteiger partial charge in [-0.05, 0) is 148 Å². The van der Waals surface area contributed by atoms with Crippen LogP contribution in [-0.4, -0.2) is 69.1 Å². The minimum absolute atomic E-state index is 0.286. The number of rotatable bonds is 13. The number of carboxylic acids is 2. The van der Waals surface area contributed by atoms with Crippen molar-refractivity contribution in [1.82, 2.24) is 9.13 Å². The Morgan fingerprint density at radius 1 is 0.559 bits per heavy atom. The number of hydrogen-bond donors (Lipinski definition) is 3. The Balaban J connectivity index is 0.000000183. The summed E-state index contributed by atoms with van der Waals surface area (Å²) in [7, 11) is 0.560. The van der Waals surface area contributed by atoms with Crippen LogP contribution in [0.3, 0.4) is 0 Å². The predicted molar refractivity (Wildman–Crippen MR) is 268 cm³/mol. The van der Waals surface area contributed by atoms with Crippen LogP contribution in [0.25, 0.3) is 32.9 Å². The van der Waals surface area contributed by atoms with E-state index in [1.165, 1.54) is 11.6 Å². The maximum absolute atomic E-state index is 12.2. The first-order valence-corrected chi connectivity index (χ1v) is 22.6. The van der Waals surface area contributed by atoms with Crippen LogP contribution in [0.15, 0.2) is 138 Å². The highest BCUT2D eigenvalue weighted by Crippen LogP contribution is 2.32. The van der Waals surface area contributed by atoms with E-state index in [2.05, 4.69) is 57.1 Å². The molecule has 0 spiro atoms. The van der Waals surface area contributed by atoms with Gasteiger partial charge in [-0.15, -0.1) is 0 Å². The number of aryl methyl sites for hydroxylation is 2. The predicted octanol–water partition coefficient (Wildman–Crippen LogP) is 11.4. The molecule has 0 aliphatic carbocycles. The van der Waals surface area contributed by atoms with Crippen molar-refractivity contribution in [3.63, 3.8) is 0 Å². The molecule has 68 heavy (non-hydrogen) atoms. The van der Waals surface area contributed by atoms with Crippen LogP contribution in [0.2, 0.25) is 0 Å². The summed E-state index contributed by atoms with van der Waals surface area (Å²) < 4.78 is 20.2. The standard InChI is InChI=1S/C27H25NO4.C18H16BrNO2.C9H10BO4/c1-4-32-27(31)21-10-7-9-19(14-21)23-11-6-5-8-22(23)16-28-18(3)17(2)24-15-20(26(29)30)12-13-25(24)28;1-11-12(2)20(10-14-5-3-4-6-16(14)19)17-8-7-13(18(21)22)9-15(11)17;1-2-13-9(11)7-4-3-5-8(6-7)14-10-12/h5-15H,4,16H2,1-3H3,(H,29,30);3-9H,10H2,1-2H3,(H,21,22);3-6,12H,2H2,1H3. The molecule has 0 saturated carbocycles. The number of fused-ring (bicyclic) bond motifs is 2. The van der Waals surface area contributed by atoms with Crippen molar-refractivity contribution in [2.24, 2.45) is 0 Å². The summed E-state index contributed by atoms with van der Waals surface area (Å²) in [4.78, 5) is 46.0. The van der Waals surface area contributed by atoms with Crippen molar-refractivity contribution in [2.75, 3.05) is 13.2 Å². The van der Waals surface area contributed by atoms with E-state index in [-0.39, 0.29) is 11.5 Å². The second kappa shape index (κ2) is 22.9. The number of benzene rings is 6. The maximum atomic E-state index is 12.2. The average Bonchev–Trinajstić information content (AvgIpc) is 3.72. The minimum atomic E-state index is -0.927. The van der Waals surface area contributed by atoms with Gasteiger partial charge in [0.2, 0.25) is 0 Å². The van der Waals surface area contributed by atoms with Crippen LogP contribution in [0.1, 0.15) is 88.9 Å². The lowest BCUT2D eigenvalue weighted by atomic mass is 9.98. The molecule has 8 aromatic rings. The molecule has 2 heterocycles. The van der Waals surface area contributed by atoms with Gasteiger partial charge in [0.25, 0.3) is 0 Å². The van der Waals surface area contributed by atoms with Gasteiger partial charge in [-0.25, -0.2) is 19.2 Å². The second-order valence-electron chi connectivity index (χ2n) is 15.7. The van der Waals surface area contributed by atoms with Gasteiger partial charge in [0, 0.05) is 50.8 Å². The highest BCUT2D eigenvalue weighted by molar-refractivity contribution is 9.10. The number of aromatic carboxylic acids is 2. The lowest BCUT2D eigenvalue weighted by molar-refractivity contribution is 0.0516. The number of nitrogens with zero attached hydrogens (tertiary/aromatic N) is 2. The fourth-order valence-electron chi connectivity index (χ4n) is 7.88. The first kappa shape index (κ1) is 50.0. The van der Waals surface area contributed by atoms with Crippen molar-refractivity contribution in [2.45, 2.75) is 54.6 Å². The smallest absolute Gasteiger partial charge is 0.537 e. The summed E-state index contributed by atoms with van der Waals surface area (Å²) in [5.41, 5.74) is 12.4.